The summed E-state index contributed by atoms with van der Waals surface area (Å²) in [5.74, 6) is -0.0751. The van der Waals surface area contributed by atoms with Gasteiger partial charge >= 0.3 is 6.18 Å². The molecule has 0 heterocycles. The molecule has 1 fully saturated rings. The van der Waals surface area contributed by atoms with Gasteiger partial charge in [-0.3, -0.25) is 4.79 Å². The normalized spacial score (nSPS) is 15.1. The number of hydrogen-bond acceptors (Lipinski definition) is 1. The molecule has 2 nitrogen and oxygen atoms in total. The van der Waals surface area contributed by atoms with Crippen LogP contribution in [0.2, 0.25) is 0 Å². The van der Waals surface area contributed by atoms with Gasteiger partial charge in [0.2, 0.25) is 0 Å². The quantitative estimate of drug-likeness (QED) is 0.740. The minimum atomic E-state index is -4.54. The summed E-state index contributed by atoms with van der Waals surface area (Å²) in [5.41, 5.74) is -1.14. The lowest BCUT2D eigenvalue weighted by molar-refractivity contribution is -0.138. The Hall–Kier alpha value is -1.04. The molecule has 0 aromatic heterocycles. The molecule has 1 aromatic rings. The van der Waals surface area contributed by atoms with Gasteiger partial charge in [0.25, 0.3) is 5.91 Å². The number of hydrogen-bond donors (Lipinski definition) is 0. The Kier molecular flexibility index (Phi) is 4.96. The van der Waals surface area contributed by atoms with E-state index in [1.165, 1.54) is 12.1 Å². The van der Waals surface area contributed by atoms with Crippen molar-refractivity contribution in [1.82, 2.24) is 4.90 Å². The van der Waals surface area contributed by atoms with E-state index in [9.17, 15) is 18.0 Å². The number of alkyl halides is 3. The zero-order valence-electron chi connectivity index (χ0n) is 11.7. The Morgan fingerprint density at radius 3 is 2.57 bits per heavy atom. The van der Waals surface area contributed by atoms with Crippen LogP contribution in [-0.4, -0.2) is 23.9 Å². The van der Waals surface area contributed by atoms with Gasteiger partial charge in [0.15, 0.2) is 0 Å². The summed E-state index contributed by atoms with van der Waals surface area (Å²) in [6, 6.07) is 3.70. The largest absolute Gasteiger partial charge is 0.417 e. The first-order valence-corrected chi connectivity index (χ1v) is 7.78. The Bertz CT molecular complexity index is 526. The van der Waals surface area contributed by atoms with Gasteiger partial charge < -0.3 is 4.90 Å². The molecule has 1 saturated carbocycles. The monoisotopic (exact) mass is 363 g/mol. The molecule has 1 aromatic carbocycles. The standard InChI is InChI=1S/C15H17BrF3NO/c1-2-7-20(9-10-3-4-10)14(21)12-6-5-11(16)8-13(12)15(17,18)19/h5-6,8,10H,2-4,7,9H2,1H3. The molecule has 1 amide bonds. The van der Waals surface area contributed by atoms with Crippen molar-refractivity contribution in [3.05, 3.63) is 33.8 Å². The van der Waals surface area contributed by atoms with E-state index in [-0.39, 0.29) is 5.56 Å². The van der Waals surface area contributed by atoms with Gasteiger partial charge in [0.05, 0.1) is 11.1 Å². The molecule has 1 aliphatic carbocycles. The van der Waals surface area contributed by atoms with Gasteiger partial charge in [-0.2, -0.15) is 13.2 Å². The van der Waals surface area contributed by atoms with E-state index in [0.717, 1.165) is 25.3 Å². The number of amides is 1. The summed E-state index contributed by atoms with van der Waals surface area (Å²) in [6.45, 7) is 2.96. The minimum Gasteiger partial charge on any atom is -0.338 e. The Morgan fingerprint density at radius 2 is 2.05 bits per heavy atom. The molecule has 0 atom stereocenters. The fraction of sp³-hybridized carbons (Fsp3) is 0.533. The maximum atomic E-state index is 13.1. The molecule has 0 saturated heterocycles. The van der Waals surface area contributed by atoms with Crippen LogP contribution in [0.1, 0.15) is 42.1 Å². The number of nitrogens with zero attached hydrogens (tertiary/aromatic N) is 1. The predicted molar refractivity (Wildman–Crippen MR) is 78.1 cm³/mol. The third-order valence-electron chi connectivity index (χ3n) is 3.47. The van der Waals surface area contributed by atoms with Crippen LogP contribution < -0.4 is 0 Å². The predicted octanol–water partition coefficient (Wildman–Crippen LogP) is 4.73. The zero-order chi connectivity index (χ0) is 15.6. The zero-order valence-corrected chi connectivity index (χ0v) is 13.3. The van der Waals surface area contributed by atoms with E-state index in [0.29, 0.717) is 23.5 Å². The van der Waals surface area contributed by atoms with Gasteiger partial charge in [-0.25, -0.2) is 0 Å². The van der Waals surface area contributed by atoms with Crippen molar-refractivity contribution in [2.45, 2.75) is 32.4 Å². The lowest BCUT2D eigenvalue weighted by Gasteiger charge is -2.24. The van der Waals surface area contributed by atoms with Crippen LogP contribution >= 0.6 is 15.9 Å². The first kappa shape index (κ1) is 16.3. The number of carbonyl (C=O) groups excluding carboxylic acids is 1. The first-order chi connectivity index (χ1) is 9.82. The molecule has 116 valence electrons. The molecular weight excluding hydrogens is 347 g/mol. The van der Waals surface area contributed by atoms with Crippen molar-refractivity contribution >= 4 is 21.8 Å². The van der Waals surface area contributed by atoms with Crippen molar-refractivity contribution in [3.8, 4) is 0 Å². The van der Waals surface area contributed by atoms with Gasteiger partial charge in [-0.05, 0) is 43.4 Å². The average Bonchev–Trinajstić information content (AvgIpc) is 3.20. The molecule has 6 heteroatoms. The molecule has 0 aliphatic heterocycles. The van der Waals surface area contributed by atoms with Crippen molar-refractivity contribution in [2.24, 2.45) is 5.92 Å². The second-order valence-corrected chi connectivity index (χ2v) is 6.30. The minimum absolute atomic E-state index is 0.264. The number of carbonyl (C=O) groups is 1. The second-order valence-electron chi connectivity index (χ2n) is 5.38. The van der Waals surface area contributed by atoms with Gasteiger partial charge in [0, 0.05) is 17.6 Å². The average molecular weight is 364 g/mol. The lowest BCUT2D eigenvalue weighted by atomic mass is 10.1. The van der Waals surface area contributed by atoms with Crippen LogP contribution in [0.3, 0.4) is 0 Å². The van der Waals surface area contributed by atoms with E-state index in [1.54, 1.807) is 4.90 Å². The highest BCUT2D eigenvalue weighted by Crippen LogP contribution is 2.35. The van der Waals surface area contributed by atoms with E-state index < -0.39 is 17.6 Å². The van der Waals surface area contributed by atoms with E-state index in [4.69, 9.17) is 0 Å². The molecular formula is C15H17BrF3NO. The molecule has 0 unspecified atom stereocenters. The highest BCUT2D eigenvalue weighted by molar-refractivity contribution is 9.10. The van der Waals surface area contributed by atoms with Crippen LogP contribution in [0.25, 0.3) is 0 Å². The summed E-state index contributed by atoms with van der Waals surface area (Å²) < 4.78 is 39.7. The highest BCUT2D eigenvalue weighted by atomic mass is 79.9. The van der Waals surface area contributed by atoms with Gasteiger partial charge in [0.1, 0.15) is 0 Å². The summed E-state index contributed by atoms with van der Waals surface area (Å²) >= 11 is 3.03. The summed E-state index contributed by atoms with van der Waals surface area (Å²) in [7, 11) is 0. The molecule has 2 rings (SSSR count). The molecule has 0 radical (unpaired) electrons. The third-order valence-corrected chi connectivity index (χ3v) is 3.97. The van der Waals surface area contributed by atoms with Crippen LogP contribution in [0.15, 0.2) is 22.7 Å². The number of rotatable bonds is 5. The summed E-state index contributed by atoms with van der Waals surface area (Å²) in [5, 5.41) is 0. The van der Waals surface area contributed by atoms with Crippen molar-refractivity contribution < 1.29 is 18.0 Å². The van der Waals surface area contributed by atoms with E-state index in [2.05, 4.69) is 15.9 Å². The van der Waals surface area contributed by atoms with Crippen LogP contribution in [-0.2, 0) is 6.18 Å². The molecule has 21 heavy (non-hydrogen) atoms. The first-order valence-electron chi connectivity index (χ1n) is 6.99. The molecule has 0 spiro atoms. The van der Waals surface area contributed by atoms with Crippen LogP contribution in [0, 0.1) is 5.92 Å². The smallest absolute Gasteiger partial charge is 0.338 e. The van der Waals surface area contributed by atoms with Crippen molar-refractivity contribution in [2.75, 3.05) is 13.1 Å². The molecule has 0 bridgehead atoms. The number of benzene rings is 1. The third kappa shape index (κ3) is 4.22. The summed E-state index contributed by atoms with van der Waals surface area (Å²) in [4.78, 5) is 14.0. The van der Waals surface area contributed by atoms with E-state index in [1.807, 2.05) is 6.92 Å². The molecule has 1 aliphatic rings. The maximum Gasteiger partial charge on any atom is 0.417 e. The maximum absolute atomic E-state index is 13.1. The fourth-order valence-electron chi connectivity index (χ4n) is 2.27. The van der Waals surface area contributed by atoms with Crippen molar-refractivity contribution in [3.63, 3.8) is 0 Å². The van der Waals surface area contributed by atoms with E-state index >= 15 is 0 Å². The highest BCUT2D eigenvalue weighted by Gasteiger charge is 2.37. The SMILES string of the molecule is CCCN(CC1CC1)C(=O)c1ccc(Br)cc1C(F)(F)F. The topological polar surface area (TPSA) is 20.3 Å². The van der Waals surface area contributed by atoms with Crippen molar-refractivity contribution in [1.29, 1.82) is 0 Å². The Labute approximate surface area is 130 Å². The van der Waals surface area contributed by atoms with Gasteiger partial charge in [-0.1, -0.05) is 22.9 Å². The summed E-state index contributed by atoms with van der Waals surface area (Å²) in [6.07, 6.45) is -1.69. The van der Waals surface area contributed by atoms with Crippen LogP contribution in [0.4, 0.5) is 13.2 Å². The second kappa shape index (κ2) is 6.38. The van der Waals surface area contributed by atoms with Crippen LogP contribution in [0.5, 0.6) is 0 Å². The van der Waals surface area contributed by atoms with Gasteiger partial charge in [-0.15, -0.1) is 0 Å². The number of halogens is 4. The Morgan fingerprint density at radius 1 is 1.38 bits per heavy atom. The Balaban J connectivity index is 2.31. The molecule has 0 N–H and O–H groups in total. The fourth-order valence-corrected chi connectivity index (χ4v) is 2.63. The lowest BCUT2D eigenvalue weighted by Crippen LogP contribution is -2.35.